The number of hydrogen-bond acceptors (Lipinski definition) is 8. The summed E-state index contributed by atoms with van der Waals surface area (Å²) in [6.07, 6.45) is -1.19. The maximum absolute atomic E-state index is 13.6. The predicted octanol–water partition coefficient (Wildman–Crippen LogP) is 2.95. The summed E-state index contributed by atoms with van der Waals surface area (Å²) in [7, 11) is 0. The Labute approximate surface area is 202 Å². The lowest BCUT2D eigenvalue weighted by Crippen LogP contribution is -2.55. The molecule has 1 aromatic carbocycles. The number of thioether (sulfide) groups is 1. The third kappa shape index (κ3) is 4.90. The fourth-order valence-corrected chi connectivity index (χ4v) is 5.16. The van der Waals surface area contributed by atoms with Crippen LogP contribution in [0.3, 0.4) is 0 Å². The minimum Gasteiger partial charge on any atom is -0.394 e. The van der Waals surface area contributed by atoms with Gasteiger partial charge in [0.1, 0.15) is 40.1 Å². The van der Waals surface area contributed by atoms with Crippen LogP contribution in [0.5, 0.6) is 0 Å². The molecule has 176 valence electrons. The van der Waals surface area contributed by atoms with Crippen LogP contribution in [0.2, 0.25) is 5.02 Å². The fraction of sp³-hybridized carbons (Fsp3) is 0.316. The number of aliphatic hydroxyl groups is 3. The van der Waals surface area contributed by atoms with Gasteiger partial charge in [-0.1, -0.05) is 28.6 Å². The van der Waals surface area contributed by atoms with Gasteiger partial charge >= 0.3 is 0 Å². The van der Waals surface area contributed by atoms with Crippen molar-refractivity contribution in [1.82, 2.24) is 20.0 Å². The van der Waals surface area contributed by atoms with Crippen LogP contribution >= 0.6 is 39.3 Å². The van der Waals surface area contributed by atoms with Crippen molar-refractivity contribution in [3.05, 3.63) is 57.7 Å². The third-order valence-corrected chi connectivity index (χ3v) is 7.25. The van der Waals surface area contributed by atoms with Crippen LogP contribution in [-0.2, 0) is 4.74 Å². The quantitative estimate of drug-likeness (QED) is 0.319. The lowest BCUT2D eigenvalue weighted by Gasteiger charge is -2.41. The predicted molar refractivity (Wildman–Crippen MR) is 115 cm³/mol. The molecule has 3 N–H and O–H groups in total. The second kappa shape index (κ2) is 9.86. The molecular formula is C19H15BrClF3N4O4S. The van der Waals surface area contributed by atoms with Gasteiger partial charge in [0, 0.05) is 16.7 Å². The molecule has 0 amide bonds. The molecule has 4 rings (SSSR count). The minimum atomic E-state index is -1.62. The summed E-state index contributed by atoms with van der Waals surface area (Å²) < 4.78 is 47.7. The van der Waals surface area contributed by atoms with Gasteiger partial charge in [0.05, 0.1) is 17.8 Å². The first-order valence-electron chi connectivity index (χ1n) is 9.36. The Balaban J connectivity index is 1.65. The number of ether oxygens (including phenoxy) is 1. The summed E-state index contributed by atoms with van der Waals surface area (Å²) in [5.74, 6) is -4.42. The number of aromatic nitrogens is 4. The highest BCUT2D eigenvalue weighted by Crippen LogP contribution is 2.40. The molecule has 0 saturated carbocycles. The van der Waals surface area contributed by atoms with E-state index in [1.165, 1.54) is 12.4 Å². The fourth-order valence-electron chi connectivity index (χ4n) is 3.35. The second-order valence-electron chi connectivity index (χ2n) is 7.10. The normalized spacial score (nSPS) is 25.4. The van der Waals surface area contributed by atoms with Crippen LogP contribution in [-0.4, -0.2) is 65.7 Å². The van der Waals surface area contributed by atoms with Crippen LogP contribution in [0.25, 0.3) is 11.3 Å². The zero-order chi connectivity index (χ0) is 23.9. The Bertz CT molecular complexity index is 1150. The van der Waals surface area contributed by atoms with E-state index >= 15 is 0 Å². The van der Waals surface area contributed by atoms with E-state index in [2.05, 4.69) is 31.2 Å². The Hall–Kier alpha value is -1.74. The van der Waals surface area contributed by atoms with Gasteiger partial charge in [-0.3, -0.25) is 0 Å². The zero-order valence-electron chi connectivity index (χ0n) is 16.3. The van der Waals surface area contributed by atoms with Crippen molar-refractivity contribution in [3.63, 3.8) is 0 Å². The Morgan fingerprint density at radius 2 is 1.85 bits per heavy atom. The lowest BCUT2D eigenvalue weighted by molar-refractivity contribution is -0.178. The molecule has 5 atom stereocenters. The van der Waals surface area contributed by atoms with Crippen LogP contribution in [0.1, 0.15) is 6.04 Å². The molecule has 0 spiro atoms. The topological polar surface area (TPSA) is 114 Å². The molecule has 8 nitrogen and oxygen atoms in total. The maximum atomic E-state index is 13.6. The first-order chi connectivity index (χ1) is 15.7. The van der Waals surface area contributed by atoms with Crippen molar-refractivity contribution in [2.45, 2.75) is 34.7 Å². The number of halogens is 5. The second-order valence-corrected chi connectivity index (χ2v) is 9.42. The van der Waals surface area contributed by atoms with Gasteiger partial charge in [0.15, 0.2) is 17.5 Å². The third-order valence-electron chi connectivity index (χ3n) is 4.96. The largest absolute Gasteiger partial charge is 0.394 e. The van der Waals surface area contributed by atoms with Crippen LogP contribution in [0, 0.1) is 17.5 Å². The summed E-state index contributed by atoms with van der Waals surface area (Å²) in [5, 5.41) is 39.4. The van der Waals surface area contributed by atoms with Gasteiger partial charge < -0.3 is 20.1 Å². The van der Waals surface area contributed by atoms with Crippen molar-refractivity contribution in [1.29, 1.82) is 0 Å². The molecule has 33 heavy (non-hydrogen) atoms. The van der Waals surface area contributed by atoms with E-state index < -0.39 is 53.8 Å². The smallest absolute Gasteiger partial charge is 0.194 e. The number of rotatable bonds is 5. The van der Waals surface area contributed by atoms with E-state index in [1.807, 2.05) is 0 Å². The summed E-state index contributed by atoms with van der Waals surface area (Å²) in [6, 6.07) is 1.96. The van der Waals surface area contributed by atoms with E-state index in [-0.39, 0.29) is 11.3 Å². The molecule has 0 aliphatic carbocycles. The summed E-state index contributed by atoms with van der Waals surface area (Å²) in [5.41, 5.74) is -1.10. The van der Waals surface area contributed by atoms with E-state index in [9.17, 15) is 28.5 Å². The zero-order valence-corrected chi connectivity index (χ0v) is 19.5. The highest BCUT2D eigenvalue weighted by Gasteiger charge is 2.46. The van der Waals surface area contributed by atoms with E-state index in [1.54, 1.807) is 6.07 Å². The molecule has 2 aromatic heterocycles. The van der Waals surface area contributed by atoms with Gasteiger partial charge in [-0.25, -0.2) is 22.8 Å². The van der Waals surface area contributed by atoms with Crippen molar-refractivity contribution in [2.75, 3.05) is 6.61 Å². The average Bonchev–Trinajstić information content (AvgIpc) is 3.26. The summed E-state index contributed by atoms with van der Waals surface area (Å²) in [4.78, 5) is 4.61. The Morgan fingerprint density at radius 3 is 2.52 bits per heavy atom. The monoisotopic (exact) mass is 566 g/mol. The van der Waals surface area contributed by atoms with E-state index in [4.69, 9.17) is 16.3 Å². The van der Waals surface area contributed by atoms with E-state index in [0.717, 1.165) is 28.6 Å². The van der Waals surface area contributed by atoms with Gasteiger partial charge in [-0.05, 0) is 34.1 Å². The highest BCUT2D eigenvalue weighted by molar-refractivity contribution is 9.10. The van der Waals surface area contributed by atoms with Crippen LogP contribution < -0.4 is 0 Å². The first kappa shape index (κ1) is 24.4. The number of nitrogens with zero attached hydrogens (tertiary/aromatic N) is 4. The van der Waals surface area contributed by atoms with Gasteiger partial charge in [0.25, 0.3) is 0 Å². The van der Waals surface area contributed by atoms with Gasteiger partial charge in [-0.15, -0.1) is 5.10 Å². The molecule has 1 aliphatic heterocycles. The van der Waals surface area contributed by atoms with E-state index in [0.29, 0.717) is 14.5 Å². The maximum Gasteiger partial charge on any atom is 0.194 e. The van der Waals surface area contributed by atoms with Crippen LogP contribution in [0.4, 0.5) is 13.2 Å². The van der Waals surface area contributed by atoms with Gasteiger partial charge in [-0.2, -0.15) is 0 Å². The molecule has 1 fully saturated rings. The van der Waals surface area contributed by atoms with Crippen molar-refractivity contribution in [3.8, 4) is 11.3 Å². The summed E-state index contributed by atoms with van der Waals surface area (Å²) >= 11 is 10.3. The SMILES string of the molecule is OCC1O[C@H](Sc2cc(Cl)cnc2Br)C(O)[C@@H](n2cc(-c3cc(F)c(F)c(F)c3)nn2)[C@H]1O. The number of pyridine rings is 1. The molecule has 1 aliphatic rings. The average molecular weight is 568 g/mol. The Kier molecular flexibility index (Phi) is 7.29. The van der Waals surface area contributed by atoms with Crippen molar-refractivity contribution in [2.24, 2.45) is 0 Å². The van der Waals surface area contributed by atoms with Crippen molar-refractivity contribution >= 4 is 39.3 Å². The standard InChI is InChI=1S/C19H15BrClF3N4O4S/c20-18-13(3-8(21)4-25-18)33-19-17(31)15(16(30)12(6-29)32-19)28-5-11(26-27-28)7-1-9(22)14(24)10(23)2-7/h1-5,12,15-17,19,29-31H,6H2/t12?,15-,16-,17?,19+/m0/s1. The molecule has 1 saturated heterocycles. The number of aliphatic hydroxyl groups excluding tert-OH is 3. The molecule has 14 heteroatoms. The number of benzene rings is 1. The van der Waals surface area contributed by atoms with Gasteiger partial charge in [0.2, 0.25) is 0 Å². The Morgan fingerprint density at radius 1 is 1.15 bits per heavy atom. The first-order valence-corrected chi connectivity index (χ1v) is 11.4. The summed E-state index contributed by atoms with van der Waals surface area (Å²) in [6.45, 7) is -0.563. The minimum absolute atomic E-state index is 0.0229. The number of hydrogen-bond donors (Lipinski definition) is 3. The van der Waals surface area contributed by atoms with Crippen LogP contribution in [0.15, 0.2) is 40.1 Å². The molecule has 3 heterocycles. The molecule has 3 aromatic rings. The molecule has 0 bridgehead atoms. The lowest BCUT2D eigenvalue weighted by atomic mass is 9.97. The molecule has 0 radical (unpaired) electrons. The molecule has 2 unspecified atom stereocenters. The highest BCUT2D eigenvalue weighted by atomic mass is 79.9. The molecular weight excluding hydrogens is 553 g/mol. The van der Waals surface area contributed by atoms with Crippen molar-refractivity contribution < 1.29 is 33.2 Å².